The van der Waals surface area contributed by atoms with Crippen LogP contribution in [0.1, 0.15) is 78.6 Å². The lowest BCUT2D eigenvalue weighted by Gasteiger charge is -2.65. The molecule has 0 heterocycles. The third-order valence-electron chi connectivity index (χ3n) is 9.38. The number of carbonyl (C=O) groups excluding carboxylic acids is 1. The van der Waals surface area contributed by atoms with Crippen LogP contribution in [-0.4, -0.2) is 16.5 Å². The number of fused-ring (bicyclic) bond motifs is 5. The van der Waals surface area contributed by atoms with E-state index in [0.29, 0.717) is 23.5 Å². The van der Waals surface area contributed by atoms with Crippen molar-refractivity contribution in [3.8, 4) is 12.3 Å². The first kappa shape index (κ1) is 16.6. The zero-order chi connectivity index (χ0) is 17.4. The van der Waals surface area contributed by atoms with Gasteiger partial charge >= 0.3 is 0 Å². The van der Waals surface area contributed by atoms with E-state index in [1.165, 1.54) is 12.8 Å². The molecular formula is C22H32O2. The van der Waals surface area contributed by atoms with Gasteiger partial charge in [0.2, 0.25) is 0 Å². The van der Waals surface area contributed by atoms with Gasteiger partial charge in [-0.05, 0) is 80.0 Å². The molecule has 0 unspecified atom stereocenters. The van der Waals surface area contributed by atoms with Crippen LogP contribution in [0.25, 0.3) is 0 Å². The largest absolute Gasteiger partial charge is 0.378 e. The molecule has 2 heteroatoms. The van der Waals surface area contributed by atoms with Crippen LogP contribution >= 0.6 is 0 Å². The zero-order valence-electron chi connectivity index (χ0n) is 15.5. The van der Waals surface area contributed by atoms with Crippen LogP contribution in [-0.2, 0) is 4.79 Å². The lowest BCUT2D eigenvalue weighted by atomic mass is 9.39. The van der Waals surface area contributed by atoms with Gasteiger partial charge in [0, 0.05) is 11.8 Å². The number of aliphatic hydroxyl groups is 1. The van der Waals surface area contributed by atoms with Crippen molar-refractivity contribution in [1.82, 2.24) is 0 Å². The molecule has 0 aliphatic heterocycles. The van der Waals surface area contributed by atoms with Gasteiger partial charge in [-0.15, -0.1) is 6.42 Å². The molecule has 0 amide bonds. The summed E-state index contributed by atoms with van der Waals surface area (Å²) in [6, 6.07) is 0. The van der Waals surface area contributed by atoms with Crippen molar-refractivity contribution >= 4 is 5.78 Å². The highest BCUT2D eigenvalue weighted by molar-refractivity contribution is 5.87. The van der Waals surface area contributed by atoms with Crippen LogP contribution in [0.3, 0.4) is 0 Å². The van der Waals surface area contributed by atoms with Crippen molar-refractivity contribution in [2.24, 2.45) is 34.0 Å². The molecule has 4 saturated carbocycles. The molecular weight excluding hydrogens is 296 g/mol. The van der Waals surface area contributed by atoms with E-state index in [9.17, 15) is 9.90 Å². The van der Waals surface area contributed by atoms with Crippen molar-refractivity contribution in [3.05, 3.63) is 0 Å². The molecule has 4 rings (SSSR count). The highest BCUT2D eigenvalue weighted by atomic mass is 16.3. The molecule has 0 radical (unpaired) electrons. The number of hydrogen-bond donors (Lipinski definition) is 1. The van der Waals surface area contributed by atoms with Gasteiger partial charge in [-0.25, -0.2) is 0 Å². The Morgan fingerprint density at radius 2 is 1.79 bits per heavy atom. The van der Waals surface area contributed by atoms with E-state index in [-0.39, 0.29) is 16.2 Å². The van der Waals surface area contributed by atoms with Gasteiger partial charge in [-0.2, -0.15) is 0 Å². The second-order valence-electron chi connectivity index (χ2n) is 10.2. The molecule has 0 saturated heterocycles. The summed E-state index contributed by atoms with van der Waals surface area (Å²) >= 11 is 0. The highest BCUT2D eigenvalue weighted by Crippen LogP contribution is 2.70. The number of Topliss-reactive ketones (excluding diaryl/α,β-unsaturated/α-hetero) is 1. The van der Waals surface area contributed by atoms with Crippen LogP contribution in [0.4, 0.5) is 0 Å². The Hall–Kier alpha value is -0.810. The molecule has 0 aromatic carbocycles. The molecule has 7 atom stereocenters. The van der Waals surface area contributed by atoms with Crippen molar-refractivity contribution in [2.45, 2.75) is 84.2 Å². The summed E-state index contributed by atoms with van der Waals surface area (Å²) in [6.45, 7) is 7.09. The van der Waals surface area contributed by atoms with Gasteiger partial charge in [-0.3, -0.25) is 4.79 Å². The van der Waals surface area contributed by atoms with Gasteiger partial charge in [0.1, 0.15) is 11.4 Å². The third-order valence-corrected chi connectivity index (χ3v) is 9.38. The van der Waals surface area contributed by atoms with E-state index < -0.39 is 5.60 Å². The van der Waals surface area contributed by atoms with Gasteiger partial charge in [0.05, 0.1) is 0 Å². The maximum Gasteiger partial charge on any atom is 0.139 e. The van der Waals surface area contributed by atoms with Crippen molar-refractivity contribution < 1.29 is 9.90 Å². The Kier molecular flexibility index (Phi) is 3.38. The zero-order valence-corrected chi connectivity index (χ0v) is 15.5. The van der Waals surface area contributed by atoms with Crippen molar-refractivity contribution in [3.63, 3.8) is 0 Å². The Labute approximate surface area is 146 Å². The van der Waals surface area contributed by atoms with Gasteiger partial charge in [-0.1, -0.05) is 26.7 Å². The standard InChI is InChI=1S/C22H32O2/c1-5-22(24)13-12-21(4)17-9-11-20(3)16(6-7-18(20)23)15(17)8-10-19(21,2)14-22/h1,15-17,24H,6-14H2,2-4H3/t15-,16+,17+,19-,20-,21+,22-/m0/s1. The molecule has 4 aliphatic rings. The second kappa shape index (κ2) is 4.88. The molecule has 0 aromatic rings. The van der Waals surface area contributed by atoms with E-state index in [1.54, 1.807) is 0 Å². The van der Waals surface area contributed by atoms with E-state index in [0.717, 1.165) is 44.9 Å². The third kappa shape index (κ3) is 1.91. The quantitative estimate of drug-likeness (QED) is 0.671. The topological polar surface area (TPSA) is 37.3 Å². The number of carbonyl (C=O) groups is 1. The summed E-state index contributed by atoms with van der Waals surface area (Å²) in [5, 5.41) is 10.7. The molecule has 0 bridgehead atoms. The predicted molar refractivity (Wildman–Crippen MR) is 95.1 cm³/mol. The van der Waals surface area contributed by atoms with Crippen molar-refractivity contribution in [1.29, 1.82) is 0 Å². The molecule has 1 N–H and O–H groups in total. The minimum atomic E-state index is -0.909. The smallest absolute Gasteiger partial charge is 0.139 e. The Bertz CT molecular complexity index is 618. The van der Waals surface area contributed by atoms with E-state index in [1.807, 2.05) is 0 Å². The van der Waals surface area contributed by atoms with Crippen LogP contribution in [0.15, 0.2) is 0 Å². The number of terminal acetylenes is 1. The lowest BCUT2D eigenvalue weighted by Crippen LogP contribution is -2.60. The second-order valence-corrected chi connectivity index (χ2v) is 10.2. The Morgan fingerprint density at radius 1 is 1.04 bits per heavy atom. The average molecular weight is 328 g/mol. The Morgan fingerprint density at radius 3 is 2.50 bits per heavy atom. The lowest BCUT2D eigenvalue weighted by molar-refractivity contribution is -0.179. The SMILES string of the molecule is C#C[C@]1(O)CC[C@]2(C)[C@@H]3CC[C@]4(C)C(=O)CC[C@@H]4[C@@H]3CC[C@@]2(C)C1. The number of hydrogen-bond acceptors (Lipinski definition) is 2. The number of rotatable bonds is 0. The summed E-state index contributed by atoms with van der Waals surface area (Å²) in [7, 11) is 0. The predicted octanol–water partition coefficient (Wildman–Crippen LogP) is 4.35. The summed E-state index contributed by atoms with van der Waals surface area (Å²) in [4.78, 5) is 12.5. The van der Waals surface area contributed by atoms with E-state index in [2.05, 4.69) is 26.7 Å². The number of ketones is 1. The molecule has 4 fully saturated rings. The fourth-order valence-corrected chi connectivity index (χ4v) is 7.57. The summed E-state index contributed by atoms with van der Waals surface area (Å²) in [5.74, 6) is 5.20. The summed E-state index contributed by atoms with van der Waals surface area (Å²) < 4.78 is 0. The van der Waals surface area contributed by atoms with Gasteiger partial charge < -0.3 is 5.11 Å². The van der Waals surface area contributed by atoms with E-state index >= 15 is 0 Å². The van der Waals surface area contributed by atoms with E-state index in [4.69, 9.17) is 6.42 Å². The first-order valence-electron chi connectivity index (χ1n) is 9.91. The molecule has 4 aliphatic carbocycles. The monoisotopic (exact) mass is 328 g/mol. The fraction of sp³-hybridized carbons (Fsp3) is 0.864. The normalized spacial score (nSPS) is 56.8. The van der Waals surface area contributed by atoms with Crippen LogP contribution in [0.2, 0.25) is 0 Å². The minimum absolute atomic E-state index is 0.0422. The van der Waals surface area contributed by atoms with Crippen LogP contribution in [0.5, 0.6) is 0 Å². The average Bonchev–Trinajstić information content (AvgIpc) is 2.84. The van der Waals surface area contributed by atoms with Crippen LogP contribution in [0, 0.1) is 46.3 Å². The first-order valence-corrected chi connectivity index (χ1v) is 9.91. The fourth-order valence-electron chi connectivity index (χ4n) is 7.57. The van der Waals surface area contributed by atoms with Gasteiger partial charge in [0.15, 0.2) is 0 Å². The highest BCUT2D eigenvalue weighted by Gasteiger charge is 2.64. The maximum absolute atomic E-state index is 12.5. The Balaban J connectivity index is 1.68. The maximum atomic E-state index is 12.5. The minimum Gasteiger partial charge on any atom is -0.378 e. The molecule has 0 spiro atoms. The first-order chi connectivity index (χ1) is 11.2. The molecule has 0 aromatic heterocycles. The van der Waals surface area contributed by atoms with Gasteiger partial charge in [0.25, 0.3) is 0 Å². The van der Waals surface area contributed by atoms with Crippen molar-refractivity contribution in [2.75, 3.05) is 0 Å². The summed E-state index contributed by atoms with van der Waals surface area (Å²) in [5.41, 5.74) is -0.567. The summed E-state index contributed by atoms with van der Waals surface area (Å²) in [6.07, 6.45) is 14.7. The van der Waals surface area contributed by atoms with Crippen LogP contribution < -0.4 is 0 Å². The molecule has 132 valence electrons. The molecule has 2 nitrogen and oxygen atoms in total. The molecule has 24 heavy (non-hydrogen) atoms.